The van der Waals surface area contributed by atoms with E-state index in [0.29, 0.717) is 5.92 Å². The van der Waals surface area contributed by atoms with Crippen LogP contribution in [0.3, 0.4) is 0 Å². The van der Waals surface area contributed by atoms with Gasteiger partial charge in [0, 0.05) is 0 Å². The molecule has 0 spiro atoms. The zero-order valence-electron chi connectivity index (χ0n) is 14.7. The molecular weight excluding hydrogens is 260 g/mol. The standard InChI is InChI=1S/C19H36O2/c1-5-7-9-11-13-17(3)15-16-18(19(20)21-4)14-12-10-8-6-2/h15-18H,5-14H2,1-4H3/b16-15-. The summed E-state index contributed by atoms with van der Waals surface area (Å²) in [4.78, 5) is 11.8. The normalized spacial score (nSPS) is 14.3. The Morgan fingerprint density at radius 1 is 0.905 bits per heavy atom. The molecule has 0 aromatic rings. The van der Waals surface area contributed by atoms with Crippen molar-refractivity contribution in [2.75, 3.05) is 7.11 Å². The zero-order chi connectivity index (χ0) is 15.9. The SMILES string of the molecule is CCCCCCC(C)/C=C\C(CCCCCC)C(=O)OC. The Morgan fingerprint density at radius 2 is 1.48 bits per heavy atom. The smallest absolute Gasteiger partial charge is 0.312 e. The van der Waals surface area contributed by atoms with E-state index in [1.807, 2.05) is 0 Å². The molecule has 0 aromatic carbocycles. The zero-order valence-corrected chi connectivity index (χ0v) is 14.7. The quantitative estimate of drug-likeness (QED) is 0.240. The lowest BCUT2D eigenvalue weighted by atomic mass is 9.96. The third kappa shape index (κ3) is 11.5. The molecule has 0 amide bonds. The maximum absolute atomic E-state index is 11.8. The van der Waals surface area contributed by atoms with Gasteiger partial charge in [0.05, 0.1) is 13.0 Å². The number of methoxy groups -OCH3 is 1. The summed E-state index contributed by atoms with van der Waals surface area (Å²) in [5.74, 6) is 0.426. The molecular formula is C19H36O2. The number of carbonyl (C=O) groups excluding carboxylic acids is 1. The lowest BCUT2D eigenvalue weighted by Crippen LogP contribution is -2.14. The molecule has 0 heterocycles. The van der Waals surface area contributed by atoms with Crippen LogP contribution < -0.4 is 0 Å². The molecule has 2 unspecified atom stereocenters. The van der Waals surface area contributed by atoms with Gasteiger partial charge in [0.25, 0.3) is 0 Å². The van der Waals surface area contributed by atoms with E-state index >= 15 is 0 Å². The van der Waals surface area contributed by atoms with Crippen LogP contribution in [-0.4, -0.2) is 13.1 Å². The second-order valence-electron chi connectivity index (χ2n) is 6.19. The van der Waals surface area contributed by atoms with Gasteiger partial charge in [-0.1, -0.05) is 84.3 Å². The molecule has 124 valence electrons. The molecule has 0 saturated heterocycles. The molecule has 0 saturated carbocycles. The molecule has 0 aliphatic rings. The van der Waals surface area contributed by atoms with Gasteiger partial charge in [-0.25, -0.2) is 0 Å². The largest absolute Gasteiger partial charge is 0.469 e. The van der Waals surface area contributed by atoms with Gasteiger partial charge in [-0.05, 0) is 18.8 Å². The third-order valence-electron chi connectivity index (χ3n) is 4.06. The van der Waals surface area contributed by atoms with Crippen molar-refractivity contribution < 1.29 is 9.53 Å². The predicted octanol–water partition coefficient (Wildman–Crippen LogP) is 5.91. The van der Waals surface area contributed by atoms with Crippen molar-refractivity contribution in [3.63, 3.8) is 0 Å². The lowest BCUT2D eigenvalue weighted by Gasteiger charge is -2.12. The first-order valence-electron chi connectivity index (χ1n) is 8.91. The second-order valence-corrected chi connectivity index (χ2v) is 6.19. The van der Waals surface area contributed by atoms with Crippen molar-refractivity contribution in [2.45, 2.75) is 85.0 Å². The lowest BCUT2D eigenvalue weighted by molar-refractivity contribution is -0.143. The van der Waals surface area contributed by atoms with Crippen LogP contribution in [-0.2, 0) is 9.53 Å². The minimum Gasteiger partial charge on any atom is -0.469 e. The Hall–Kier alpha value is -0.790. The van der Waals surface area contributed by atoms with Gasteiger partial charge in [-0.3, -0.25) is 4.79 Å². The monoisotopic (exact) mass is 296 g/mol. The Morgan fingerprint density at radius 3 is 2.00 bits per heavy atom. The van der Waals surface area contributed by atoms with Gasteiger partial charge in [0.1, 0.15) is 0 Å². The molecule has 0 fully saturated rings. The van der Waals surface area contributed by atoms with Crippen molar-refractivity contribution in [2.24, 2.45) is 11.8 Å². The number of esters is 1. The van der Waals surface area contributed by atoms with E-state index in [9.17, 15) is 4.79 Å². The van der Waals surface area contributed by atoms with Gasteiger partial charge in [-0.2, -0.15) is 0 Å². The summed E-state index contributed by atoms with van der Waals surface area (Å²) in [7, 11) is 1.49. The average Bonchev–Trinajstić information content (AvgIpc) is 2.50. The number of ether oxygens (including phenoxy) is 1. The molecule has 0 N–H and O–H groups in total. The fourth-order valence-electron chi connectivity index (χ4n) is 2.55. The number of rotatable bonds is 13. The van der Waals surface area contributed by atoms with Crippen LogP contribution in [0.1, 0.15) is 85.0 Å². The van der Waals surface area contributed by atoms with Crippen molar-refractivity contribution in [3.05, 3.63) is 12.2 Å². The Labute approximate surface area is 132 Å². The Kier molecular flexibility index (Phi) is 13.6. The first kappa shape index (κ1) is 20.2. The molecule has 2 atom stereocenters. The molecule has 0 radical (unpaired) electrons. The number of carbonyl (C=O) groups is 1. The van der Waals surface area contributed by atoms with Crippen LogP contribution in [0.15, 0.2) is 12.2 Å². The number of unbranched alkanes of at least 4 members (excludes halogenated alkanes) is 6. The van der Waals surface area contributed by atoms with Gasteiger partial charge in [0.2, 0.25) is 0 Å². The maximum atomic E-state index is 11.8. The Bertz CT molecular complexity index is 271. The summed E-state index contributed by atoms with van der Waals surface area (Å²) in [6.07, 6.45) is 16.5. The van der Waals surface area contributed by atoms with Crippen LogP contribution >= 0.6 is 0 Å². The molecule has 2 heteroatoms. The highest BCUT2D eigenvalue weighted by Crippen LogP contribution is 2.17. The van der Waals surface area contributed by atoms with E-state index in [0.717, 1.165) is 12.8 Å². The number of hydrogen-bond acceptors (Lipinski definition) is 2. The fraction of sp³-hybridized carbons (Fsp3) is 0.842. The highest BCUT2D eigenvalue weighted by atomic mass is 16.5. The summed E-state index contributed by atoms with van der Waals surface area (Å²) in [5.41, 5.74) is 0. The first-order chi connectivity index (χ1) is 10.2. The summed E-state index contributed by atoms with van der Waals surface area (Å²) in [5, 5.41) is 0. The van der Waals surface area contributed by atoms with E-state index < -0.39 is 0 Å². The Balaban J connectivity index is 4.11. The highest BCUT2D eigenvalue weighted by molar-refractivity contribution is 5.74. The molecule has 2 nitrogen and oxygen atoms in total. The van der Waals surface area contributed by atoms with E-state index in [1.54, 1.807) is 0 Å². The van der Waals surface area contributed by atoms with Crippen LogP contribution in [0, 0.1) is 11.8 Å². The van der Waals surface area contributed by atoms with Crippen LogP contribution in [0.2, 0.25) is 0 Å². The summed E-state index contributed by atoms with van der Waals surface area (Å²) >= 11 is 0. The maximum Gasteiger partial charge on any atom is 0.312 e. The topological polar surface area (TPSA) is 26.3 Å². The molecule has 0 aliphatic carbocycles. The van der Waals surface area contributed by atoms with Crippen molar-refractivity contribution >= 4 is 5.97 Å². The van der Waals surface area contributed by atoms with Crippen molar-refractivity contribution in [1.82, 2.24) is 0 Å². The molecule has 0 bridgehead atoms. The van der Waals surface area contributed by atoms with E-state index in [-0.39, 0.29) is 11.9 Å². The minimum absolute atomic E-state index is 0.0510. The molecule has 0 aliphatic heterocycles. The van der Waals surface area contributed by atoms with Gasteiger partial charge in [0.15, 0.2) is 0 Å². The fourth-order valence-corrected chi connectivity index (χ4v) is 2.55. The predicted molar refractivity (Wildman–Crippen MR) is 91.3 cm³/mol. The number of allylic oxidation sites excluding steroid dienone is 1. The van der Waals surface area contributed by atoms with Gasteiger partial charge in [-0.15, -0.1) is 0 Å². The van der Waals surface area contributed by atoms with E-state index in [2.05, 4.69) is 32.9 Å². The highest BCUT2D eigenvalue weighted by Gasteiger charge is 2.15. The summed E-state index contributed by atoms with van der Waals surface area (Å²) in [6.45, 7) is 6.69. The van der Waals surface area contributed by atoms with Gasteiger partial charge >= 0.3 is 5.97 Å². The second kappa shape index (κ2) is 14.2. The third-order valence-corrected chi connectivity index (χ3v) is 4.06. The molecule has 0 rings (SSSR count). The summed E-state index contributed by atoms with van der Waals surface area (Å²) < 4.78 is 4.92. The summed E-state index contributed by atoms with van der Waals surface area (Å²) in [6, 6.07) is 0. The van der Waals surface area contributed by atoms with E-state index in [1.165, 1.54) is 58.5 Å². The van der Waals surface area contributed by atoms with Gasteiger partial charge < -0.3 is 4.74 Å². The van der Waals surface area contributed by atoms with E-state index in [4.69, 9.17) is 4.74 Å². The molecule has 21 heavy (non-hydrogen) atoms. The minimum atomic E-state index is -0.0825. The van der Waals surface area contributed by atoms with Crippen molar-refractivity contribution in [3.8, 4) is 0 Å². The molecule has 0 aromatic heterocycles. The van der Waals surface area contributed by atoms with Crippen LogP contribution in [0.25, 0.3) is 0 Å². The number of hydrogen-bond donors (Lipinski definition) is 0. The van der Waals surface area contributed by atoms with Crippen molar-refractivity contribution in [1.29, 1.82) is 0 Å². The van der Waals surface area contributed by atoms with Crippen LogP contribution in [0.5, 0.6) is 0 Å². The first-order valence-corrected chi connectivity index (χ1v) is 8.91. The van der Waals surface area contributed by atoms with Crippen LogP contribution in [0.4, 0.5) is 0 Å². The average molecular weight is 296 g/mol.